The highest BCUT2D eigenvalue weighted by molar-refractivity contribution is 5.92. The normalized spacial score (nSPS) is 13.8. The number of furan rings is 1. The summed E-state index contributed by atoms with van der Waals surface area (Å²) in [6.45, 7) is 2.86. The molecule has 1 N–H and O–H groups in total. The van der Waals surface area contributed by atoms with Crippen LogP contribution in [0.5, 0.6) is 11.5 Å². The first kappa shape index (κ1) is 17.8. The minimum Gasteiger partial charge on any atom is -0.486 e. The smallest absolute Gasteiger partial charge is 0.266 e. The molecule has 28 heavy (non-hydrogen) atoms. The fraction of sp³-hybridized carbons (Fsp3) is 0.250. The Bertz CT molecular complexity index is 1040. The Balaban J connectivity index is 1.46. The summed E-state index contributed by atoms with van der Waals surface area (Å²) in [6, 6.07) is 11.7. The van der Waals surface area contributed by atoms with E-state index in [4.69, 9.17) is 13.9 Å². The van der Waals surface area contributed by atoms with Crippen LogP contribution in [0.4, 0.5) is 5.69 Å². The Morgan fingerprint density at radius 2 is 2.00 bits per heavy atom. The molecule has 144 valence electrons. The summed E-state index contributed by atoms with van der Waals surface area (Å²) in [4.78, 5) is 24.7. The number of fused-ring (bicyclic) bond motifs is 1. The zero-order chi connectivity index (χ0) is 19.5. The largest absolute Gasteiger partial charge is 0.486 e. The van der Waals surface area contributed by atoms with E-state index in [1.165, 1.54) is 17.0 Å². The number of anilines is 1. The molecule has 1 aliphatic rings. The molecule has 4 rings (SSSR count). The van der Waals surface area contributed by atoms with Crippen LogP contribution < -0.4 is 20.3 Å². The Hall–Kier alpha value is -3.55. The lowest BCUT2D eigenvalue weighted by Crippen LogP contribution is -2.31. The summed E-state index contributed by atoms with van der Waals surface area (Å²) in [6.07, 6.45) is 1.54. The van der Waals surface area contributed by atoms with Crippen LogP contribution in [0.2, 0.25) is 0 Å². The van der Waals surface area contributed by atoms with Crippen molar-refractivity contribution in [3.8, 4) is 23.0 Å². The van der Waals surface area contributed by atoms with Crippen LogP contribution in [0, 0.1) is 5.92 Å². The Labute approximate surface area is 160 Å². The highest BCUT2D eigenvalue weighted by Gasteiger charge is 2.18. The van der Waals surface area contributed by atoms with E-state index in [9.17, 15) is 9.59 Å². The van der Waals surface area contributed by atoms with E-state index >= 15 is 0 Å². The van der Waals surface area contributed by atoms with Gasteiger partial charge in [-0.25, -0.2) is 4.68 Å². The fourth-order valence-corrected chi connectivity index (χ4v) is 2.86. The van der Waals surface area contributed by atoms with Crippen molar-refractivity contribution < 1.29 is 18.7 Å². The van der Waals surface area contributed by atoms with E-state index in [-0.39, 0.29) is 18.0 Å². The Morgan fingerprint density at radius 1 is 1.18 bits per heavy atom. The molecule has 1 atom stereocenters. The molecule has 0 bridgehead atoms. The van der Waals surface area contributed by atoms with Crippen LogP contribution in [-0.2, 0) is 11.3 Å². The van der Waals surface area contributed by atoms with Gasteiger partial charge in [0.05, 0.1) is 18.7 Å². The number of aromatic nitrogens is 2. The molecule has 8 nitrogen and oxygen atoms in total. The average molecular weight is 381 g/mol. The number of amides is 1. The van der Waals surface area contributed by atoms with Crippen molar-refractivity contribution >= 4 is 11.6 Å². The van der Waals surface area contributed by atoms with Gasteiger partial charge in [-0.05, 0) is 30.3 Å². The number of nitrogens with one attached hydrogen (secondary N) is 1. The van der Waals surface area contributed by atoms with Gasteiger partial charge in [-0.2, -0.15) is 5.10 Å². The van der Waals surface area contributed by atoms with Crippen LogP contribution in [0.3, 0.4) is 0 Å². The van der Waals surface area contributed by atoms with E-state index in [2.05, 4.69) is 10.4 Å². The first-order chi connectivity index (χ1) is 13.6. The number of benzene rings is 1. The zero-order valence-corrected chi connectivity index (χ0v) is 15.3. The molecule has 0 fully saturated rings. The maximum Gasteiger partial charge on any atom is 0.266 e. The molecule has 3 aromatic rings. The number of hydrogen-bond acceptors (Lipinski definition) is 6. The van der Waals surface area contributed by atoms with Gasteiger partial charge >= 0.3 is 0 Å². The lowest BCUT2D eigenvalue weighted by molar-refractivity contribution is -0.119. The highest BCUT2D eigenvalue weighted by Crippen LogP contribution is 2.32. The fourth-order valence-electron chi connectivity index (χ4n) is 2.86. The third-order valence-electron chi connectivity index (χ3n) is 4.34. The number of rotatable bonds is 5. The van der Waals surface area contributed by atoms with Gasteiger partial charge in [0, 0.05) is 17.8 Å². The molecule has 3 heterocycles. The van der Waals surface area contributed by atoms with Crippen molar-refractivity contribution in [2.75, 3.05) is 18.5 Å². The maximum absolute atomic E-state index is 12.6. The van der Waals surface area contributed by atoms with E-state index in [1.54, 1.807) is 43.3 Å². The Morgan fingerprint density at radius 3 is 2.79 bits per heavy atom. The number of carbonyl (C=O) groups is 1. The first-order valence-corrected chi connectivity index (χ1v) is 8.93. The maximum atomic E-state index is 12.6. The van der Waals surface area contributed by atoms with Crippen LogP contribution in [0.1, 0.15) is 6.92 Å². The van der Waals surface area contributed by atoms with Gasteiger partial charge < -0.3 is 19.2 Å². The van der Waals surface area contributed by atoms with Crippen molar-refractivity contribution in [2.24, 2.45) is 5.92 Å². The molecule has 1 amide bonds. The summed E-state index contributed by atoms with van der Waals surface area (Å²) < 4.78 is 17.6. The van der Waals surface area contributed by atoms with E-state index in [1.807, 2.05) is 0 Å². The molecule has 0 spiro atoms. The average Bonchev–Trinajstić information content (AvgIpc) is 3.24. The van der Waals surface area contributed by atoms with Gasteiger partial charge in [0.1, 0.15) is 18.9 Å². The first-order valence-electron chi connectivity index (χ1n) is 8.93. The van der Waals surface area contributed by atoms with Gasteiger partial charge in [-0.15, -0.1) is 0 Å². The highest BCUT2D eigenvalue weighted by atomic mass is 16.6. The van der Waals surface area contributed by atoms with Gasteiger partial charge in [0.25, 0.3) is 5.56 Å². The minimum atomic E-state index is -0.481. The summed E-state index contributed by atoms with van der Waals surface area (Å²) in [5.41, 5.74) is 0.851. The standard InChI is InChI=1S/C20H19N3O5/c1-13(12-23-19(24)7-5-15(22-23)16-3-2-8-26-16)20(25)21-14-4-6-17-18(11-14)28-10-9-27-17/h2-8,11,13H,9-10,12H2,1H3,(H,21,25). The second-order valence-electron chi connectivity index (χ2n) is 6.46. The lowest BCUT2D eigenvalue weighted by atomic mass is 10.1. The van der Waals surface area contributed by atoms with Crippen molar-refractivity contribution in [3.63, 3.8) is 0 Å². The number of ether oxygens (including phenoxy) is 2. The second-order valence-corrected chi connectivity index (χ2v) is 6.46. The van der Waals surface area contributed by atoms with Crippen molar-refractivity contribution in [1.29, 1.82) is 0 Å². The molecular weight excluding hydrogens is 362 g/mol. The van der Waals surface area contributed by atoms with E-state index in [0.717, 1.165) is 0 Å². The predicted octanol–water partition coefficient (Wildman–Crippen LogP) is 2.55. The van der Waals surface area contributed by atoms with Crippen LogP contribution in [-0.4, -0.2) is 28.9 Å². The van der Waals surface area contributed by atoms with Crippen LogP contribution in [0.15, 0.2) is 57.9 Å². The molecule has 0 saturated heterocycles. The molecular formula is C20H19N3O5. The zero-order valence-electron chi connectivity index (χ0n) is 15.3. The van der Waals surface area contributed by atoms with Crippen LogP contribution >= 0.6 is 0 Å². The second kappa shape index (κ2) is 7.59. The molecule has 1 aromatic carbocycles. The molecule has 2 aromatic heterocycles. The molecule has 0 radical (unpaired) electrons. The predicted molar refractivity (Wildman–Crippen MR) is 101 cm³/mol. The molecule has 0 aliphatic carbocycles. The van der Waals surface area contributed by atoms with E-state index in [0.29, 0.717) is 41.9 Å². The summed E-state index contributed by atoms with van der Waals surface area (Å²) in [5.74, 6) is 1.10. The molecule has 1 aliphatic heterocycles. The van der Waals surface area contributed by atoms with E-state index < -0.39 is 5.92 Å². The molecule has 8 heteroatoms. The topological polar surface area (TPSA) is 95.6 Å². The molecule has 0 saturated carbocycles. The quantitative estimate of drug-likeness (QED) is 0.730. The van der Waals surface area contributed by atoms with Crippen molar-refractivity contribution in [3.05, 3.63) is 59.1 Å². The summed E-state index contributed by atoms with van der Waals surface area (Å²) in [5, 5.41) is 7.13. The van der Waals surface area contributed by atoms with Crippen LogP contribution in [0.25, 0.3) is 11.5 Å². The number of nitrogens with zero attached hydrogens (tertiary/aromatic N) is 2. The number of hydrogen-bond donors (Lipinski definition) is 1. The van der Waals surface area contributed by atoms with Crippen molar-refractivity contribution in [2.45, 2.75) is 13.5 Å². The monoisotopic (exact) mass is 381 g/mol. The van der Waals surface area contributed by atoms with Gasteiger partial charge in [0.15, 0.2) is 17.3 Å². The molecule has 1 unspecified atom stereocenters. The Kier molecular flexibility index (Phi) is 4.84. The number of carbonyl (C=O) groups excluding carboxylic acids is 1. The lowest BCUT2D eigenvalue weighted by Gasteiger charge is -2.19. The minimum absolute atomic E-state index is 0.143. The SMILES string of the molecule is CC(Cn1nc(-c2ccco2)ccc1=O)C(=O)Nc1ccc2c(c1)OCCO2. The van der Waals surface area contributed by atoms with Gasteiger partial charge in [-0.3, -0.25) is 9.59 Å². The third-order valence-corrected chi connectivity index (χ3v) is 4.34. The van der Waals surface area contributed by atoms with Gasteiger partial charge in [0.2, 0.25) is 5.91 Å². The summed E-state index contributed by atoms with van der Waals surface area (Å²) in [7, 11) is 0. The summed E-state index contributed by atoms with van der Waals surface area (Å²) >= 11 is 0. The van der Waals surface area contributed by atoms with Crippen molar-refractivity contribution in [1.82, 2.24) is 9.78 Å². The van der Waals surface area contributed by atoms with Gasteiger partial charge in [-0.1, -0.05) is 6.92 Å². The third kappa shape index (κ3) is 3.75.